The van der Waals surface area contributed by atoms with E-state index in [9.17, 15) is 18.4 Å². The van der Waals surface area contributed by atoms with Crippen LogP contribution in [0.15, 0.2) is 60.8 Å². The summed E-state index contributed by atoms with van der Waals surface area (Å²) in [7, 11) is 1.57. The highest BCUT2D eigenvalue weighted by Crippen LogP contribution is 2.42. The van der Waals surface area contributed by atoms with Gasteiger partial charge in [0.25, 0.3) is 5.91 Å². The lowest BCUT2D eigenvalue weighted by atomic mass is 10.1. The fraction of sp³-hybridized carbons (Fsp3) is 0.303. The second-order valence-electron chi connectivity index (χ2n) is 10.9. The fourth-order valence-electron chi connectivity index (χ4n) is 5.30. The zero-order valence-electron chi connectivity index (χ0n) is 25.8. The predicted molar refractivity (Wildman–Crippen MR) is 178 cm³/mol. The maximum Gasteiger partial charge on any atom is 0.338 e. The van der Waals surface area contributed by atoms with Crippen LogP contribution in [0.25, 0.3) is 10.9 Å². The Morgan fingerprint density at radius 1 is 1.06 bits per heavy atom. The van der Waals surface area contributed by atoms with E-state index in [4.69, 9.17) is 30.5 Å². The maximum absolute atomic E-state index is 14.0. The van der Waals surface area contributed by atoms with Crippen LogP contribution in [-0.2, 0) is 9.53 Å². The summed E-state index contributed by atoms with van der Waals surface area (Å²) in [6.07, 6.45) is 2.48. The lowest BCUT2D eigenvalue weighted by molar-refractivity contribution is -0.130. The molecule has 0 aliphatic carbocycles. The molecule has 0 spiro atoms. The molecular formula is C33H32ClF2N5O6S. The molecule has 1 aromatic heterocycles. The number of aromatic nitrogens is 1. The van der Waals surface area contributed by atoms with Crippen molar-refractivity contribution in [1.29, 1.82) is 0 Å². The van der Waals surface area contributed by atoms with Gasteiger partial charge in [-0.05, 0) is 48.4 Å². The molecule has 1 unspecified atom stereocenters. The van der Waals surface area contributed by atoms with Gasteiger partial charge in [-0.2, -0.15) is 0 Å². The Balaban J connectivity index is 1.13. The Morgan fingerprint density at radius 2 is 1.90 bits per heavy atom. The summed E-state index contributed by atoms with van der Waals surface area (Å²) >= 11 is 7.94. The van der Waals surface area contributed by atoms with Gasteiger partial charge in [-0.15, -0.1) is 11.8 Å². The third-order valence-corrected chi connectivity index (χ3v) is 9.20. The standard InChI is InChI=1S/C33H32ClF2N5O6S/c1-44-29-17-22-26(18-30(29)46-12-2-9-40-10-13-45-14-11-40)37-8-7-27(22)47-28-6-3-20(15-23(28)34)32-41(31(42)19-48-32)39-33(43)38-25-5-4-21(35)16-24(25)36/h3-8,15-18,32H,2,9-14,19H2,1H3,(H2,38,39,43). The van der Waals surface area contributed by atoms with Crippen molar-refractivity contribution >= 4 is 51.9 Å². The van der Waals surface area contributed by atoms with Crippen molar-refractivity contribution in [3.63, 3.8) is 0 Å². The molecule has 3 heterocycles. The summed E-state index contributed by atoms with van der Waals surface area (Å²) in [4.78, 5) is 32.1. The first-order valence-electron chi connectivity index (χ1n) is 15.1. The number of carbonyl (C=O) groups excluding carboxylic acids is 2. The summed E-state index contributed by atoms with van der Waals surface area (Å²) < 4.78 is 50.6. The van der Waals surface area contributed by atoms with Gasteiger partial charge in [0.1, 0.15) is 28.5 Å². The van der Waals surface area contributed by atoms with Crippen molar-refractivity contribution in [3.8, 4) is 23.0 Å². The van der Waals surface area contributed by atoms with Crippen LogP contribution in [-0.4, -0.2) is 79.1 Å². The van der Waals surface area contributed by atoms with E-state index in [0.717, 1.165) is 56.4 Å². The van der Waals surface area contributed by atoms with Gasteiger partial charge in [-0.1, -0.05) is 17.7 Å². The van der Waals surface area contributed by atoms with Gasteiger partial charge in [-0.3, -0.25) is 14.7 Å². The maximum atomic E-state index is 14.0. The summed E-state index contributed by atoms with van der Waals surface area (Å²) in [5.74, 6) is -0.0398. The third kappa shape index (κ3) is 7.84. The molecule has 3 aromatic carbocycles. The molecule has 2 aliphatic rings. The Bertz CT molecular complexity index is 1810. The van der Waals surface area contributed by atoms with Crippen molar-refractivity contribution in [2.75, 3.05) is 57.6 Å². The number of halogens is 3. The number of fused-ring (bicyclic) bond motifs is 1. The highest BCUT2D eigenvalue weighted by atomic mass is 35.5. The zero-order chi connectivity index (χ0) is 33.6. The average Bonchev–Trinajstić information content (AvgIpc) is 3.44. The number of anilines is 1. The van der Waals surface area contributed by atoms with Crippen LogP contribution in [0.1, 0.15) is 17.4 Å². The van der Waals surface area contributed by atoms with Gasteiger partial charge in [0.05, 0.1) is 48.9 Å². The van der Waals surface area contributed by atoms with E-state index in [1.807, 2.05) is 12.1 Å². The van der Waals surface area contributed by atoms with Crippen molar-refractivity contribution in [1.82, 2.24) is 20.3 Å². The predicted octanol–water partition coefficient (Wildman–Crippen LogP) is 6.38. The zero-order valence-corrected chi connectivity index (χ0v) is 27.4. The Morgan fingerprint density at radius 3 is 2.67 bits per heavy atom. The molecule has 2 N–H and O–H groups in total. The molecule has 48 heavy (non-hydrogen) atoms. The summed E-state index contributed by atoms with van der Waals surface area (Å²) in [5.41, 5.74) is 3.48. The largest absolute Gasteiger partial charge is 0.493 e. The van der Waals surface area contributed by atoms with Gasteiger partial charge >= 0.3 is 6.03 Å². The summed E-state index contributed by atoms with van der Waals surface area (Å²) in [6, 6.07) is 12.3. The number of rotatable bonds is 11. The van der Waals surface area contributed by atoms with E-state index in [2.05, 4.69) is 20.6 Å². The molecule has 15 heteroatoms. The number of benzene rings is 3. The minimum atomic E-state index is -0.949. The first kappa shape index (κ1) is 33.5. The molecule has 252 valence electrons. The first-order chi connectivity index (χ1) is 23.3. The summed E-state index contributed by atoms with van der Waals surface area (Å²) in [5, 5.41) is 3.76. The van der Waals surface area contributed by atoms with Crippen LogP contribution < -0.4 is 25.0 Å². The van der Waals surface area contributed by atoms with E-state index >= 15 is 0 Å². The molecule has 0 bridgehead atoms. The van der Waals surface area contributed by atoms with E-state index in [1.54, 1.807) is 37.6 Å². The van der Waals surface area contributed by atoms with Crippen LogP contribution in [0, 0.1) is 11.6 Å². The van der Waals surface area contributed by atoms with Crippen molar-refractivity contribution in [2.24, 2.45) is 0 Å². The number of hydrogen-bond donors (Lipinski definition) is 2. The number of nitrogens with zero attached hydrogens (tertiary/aromatic N) is 3. The minimum absolute atomic E-state index is 0.0934. The number of hydrazine groups is 1. The molecule has 2 fully saturated rings. The highest BCUT2D eigenvalue weighted by molar-refractivity contribution is 8.00. The lowest BCUT2D eigenvalue weighted by Gasteiger charge is -2.26. The van der Waals surface area contributed by atoms with Gasteiger partial charge in [-0.25, -0.2) is 24.0 Å². The van der Waals surface area contributed by atoms with Gasteiger partial charge in [0.2, 0.25) is 0 Å². The minimum Gasteiger partial charge on any atom is -0.493 e. The van der Waals surface area contributed by atoms with E-state index in [1.165, 1.54) is 11.8 Å². The van der Waals surface area contributed by atoms with Crippen molar-refractivity contribution in [3.05, 3.63) is 83.0 Å². The van der Waals surface area contributed by atoms with Gasteiger partial charge in [0, 0.05) is 43.4 Å². The Kier molecular flexibility index (Phi) is 10.6. The number of thioether (sulfide) groups is 1. The Labute approximate surface area is 284 Å². The second kappa shape index (κ2) is 15.2. The molecule has 1 atom stereocenters. The van der Waals surface area contributed by atoms with Crippen LogP contribution >= 0.6 is 23.4 Å². The number of morpholine rings is 1. The topological polar surface area (TPSA) is 114 Å². The van der Waals surface area contributed by atoms with Crippen molar-refractivity contribution in [2.45, 2.75) is 11.8 Å². The fourth-order valence-corrected chi connectivity index (χ4v) is 6.62. The van der Waals surface area contributed by atoms with E-state index in [0.29, 0.717) is 52.1 Å². The van der Waals surface area contributed by atoms with E-state index < -0.39 is 23.0 Å². The Hall–Kier alpha value is -4.37. The van der Waals surface area contributed by atoms with Crippen LogP contribution in [0.2, 0.25) is 5.02 Å². The molecule has 4 aromatic rings. The quantitative estimate of drug-likeness (QED) is 0.172. The summed E-state index contributed by atoms with van der Waals surface area (Å²) in [6.45, 7) is 4.81. The lowest BCUT2D eigenvalue weighted by Crippen LogP contribution is -2.46. The SMILES string of the molecule is COc1cc2c(Oc3ccc(C4SCC(=O)N4NC(=O)Nc4ccc(F)cc4F)cc3Cl)ccnc2cc1OCCCN1CCOCC1. The molecule has 2 aliphatic heterocycles. The first-order valence-corrected chi connectivity index (χ1v) is 16.5. The number of carbonyl (C=O) groups is 2. The average molecular weight is 700 g/mol. The second-order valence-corrected chi connectivity index (χ2v) is 12.4. The van der Waals surface area contributed by atoms with Crippen LogP contribution in [0.5, 0.6) is 23.0 Å². The number of nitrogens with one attached hydrogen (secondary N) is 2. The van der Waals surface area contributed by atoms with Crippen LogP contribution in [0.4, 0.5) is 19.3 Å². The number of ether oxygens (including phenoxy) is 4. The van der Waals surface area contributed by atoms with Gasteiger partial charge < -0.3 is 24.3 Å². The van der Waals surface area contributed by atoms with Crippen molar-refractivity contribution < 1.29 is 37.3 Å². The number of urea groups is 1. The molecule has 0 radical (unpaired) electrons. The van der Waals surface area contributed by atoms with E-state index in [-0.39, 0.29) is 22.4 Å². The highest BCUT2D eigenvalue weighted by Gasteiger charge is 2.35. The molecule has 11 nitrogen and oxygen atoms in total. The number of pyridine rings is 1. The molecule has 3 amide bonds. The number of methoxy groups -OCH3 is 1. The molecular weight excluding hydrogens is 668 g/mol. The monoisotopic (exact) mass is 699 g/mol. The molecule has 6 rings (SSSR count). The normalized spacial score (nSPS) is 16.6. The smallest absolute Gasteiger partial charge is 0.338 e. The van der Waals surface area contributed by atoms with Crippen LogP contribution in [0.3, 0.4) is 0 Å². The number of hydrogen-bond acceptors (Lipinski definition) is 9. The molecule has 0 saturated carbocycles. The van der Waals surface area contributed by atoms with Gasteiger partial charge in [0.15, 0.2) is 11.5 Å². The third-order valence-electron chi connectivity index (χ3n) is 7.70. The molecule has 2 saturated heterocycles. The number of amides is 3.